The lowest BCUT2D eigenvalue weighted by molar-refractivity contribution is -0.125. The first-order valence-corrected chi connectivity index (χ1v) is 10.4. The summed E-state index contributed by atoms with van der Waals surface area (Å²) in [7, 11) is 3.23. The third kappa shape index (κ3) is 4.42. The minimum absolute atomic E-state index is 0.0275. The second-order valence-electron chi connectivity index (χ2n) is 8.12. The molecule has 2 aromatic carbocycles. The van der Waals surface area contributed by atoms with E-state index in [9.17, 15) is 9.59 Å². The summed E-state index contributed by atoms with van der Waals surface area (Å²) in [6, 6.07) is 14.9. The van der Waals surface area contributed by atoms with Crippen LogP contribution in [0.4, 0.5) is 0 Å². The molecule has 2 atom stereocenters. The Kier molecular flexibility index (Phi) is 5.93. The topological polar surface area (TPSA) is 67.9 Å². The molecule has 2 unspecified atom stereocenters. The summed E-state index contributed by atoms with van der Waals surface area (Å²) >= 11 is 0. The summed E-state index contributed by atoms with van der Waals surface area (Å²) in [5.41, 5.74) is 1.62. The molecule has 30 heavy (non-hydrogen) atoms. The standard InChI is InChI=1S/C24H28N2O4/c1-29-19-10-8-17(9-11-19)24(28)26-14-21(18-4-3-5-20(12-18)30-2)22(15-26)23(27)25-13-16-6-7-16/h3-5,8-12,16,21-22H,6-7,13-15H2,1-2H3,(H,25,27). The molecule has 1 aliphatic heterocycles. The highest BCUT2D eigenvalue weighted by atomic mass is 16.5. The van der Waals surface area contributed by atoms with Gasteiger partial charge in [0.2, 0.25) is 5.91 Å². The summed E-state index contributed by atoms with van der Waals surface area (Å²) in [5.74, 6) is 1.69. The van der Waals surface area contributed by atoms with Crippen LogP contribution in [0.15, 0.2) is 48.5 Å². The van der Waals surface area contributed by atoms with Gasteiger partial charge in [-0.25, -0.2) is 0 Å². The van der Waals surface area contributed by atoms with Crippen molar-refractivity contribution in [2.75, 3.05) is 33.9 Å². The molecule has 2 aliphatic rings. The van der Waals surface area contributed by atoms with E-state index in [-0.39, 0.29) is 23.7 Å². The molecule has 6 heteroatoms. The summed E-state index contributed by atoms with van der Waals surface area (Å²) in [6.45, 7) is 1.63. The average Bonchev–Trinajstić information content (AvgIpc) is 3.52. The smallest absolute Gasteiger partial charge is 0.253 e. The number of carbonyl (C=O) groups excluding carboxylic acids is 2. The fraction of sp³-hybridized carbons (Fsp3) is 0.417. The van der Waals surface area contributed by atoms with E-state index >= 15 is 0 Å². The van der Waals surface area contributed by atoms with Crippen molar-refractivity contribution < 1.29 is 19.1 Å². The molecule has 1 N–H and O–H groups in total. The molecule has 1 heterocycles. The van der Waals surface area contributed by atoms with Crippen LogP contribution >= 0.6 is 0 Å². The second kappa shape index (κ2) is 8.78. The molecule has 1 saturated carbocycles. The summed E-state index contributed by atoms with van der Waals surface area (Å²) in [6.07, 6.45) is 2.37. The third-order valence-corrected chi connectivity index (χ3v) is 6.06. The Morgan fingerprint density at radius 2 is 1.73 bits per heavy atom. The largest absolute Gasteiger partial charge is 0.497 e. The SMILES string of the molecule is COc1ccc(C(=O)N2CC(C(=O)NCC3CC3)C(c3cccc(OC)c3)C2)cc1. The van der Waals surface area contributed by atoms with Gasteiger partial charge in [-0.1, -0.05) is 12.1 Å². The van der Waals surface area contributed by atoms with Gasteiger partial charge < -0.3 is 19.7 Å². The molecular weight excluding hydrogens is 380 g/mol. The first-order valence-electron chi connectivity index (χ1n) is 10.4. The van der Waals surface area contributed by atoms with E-state index in [0.717, 1.165) is 17.9 Å². The number of ether oxygens (including phenoxy) is 2. The fourth-order valence-electron chi connectivity index (χ4n) is 4.06. The number of likely N-dealkylation sites (tertiary alicyclic amines) is 1. The van der Waals surface area contributed by atoms with E-state index in [2.05, 4.69) is 5.32 Å². The van der Waals surface area contributed by atoms with Gasteiger partial charge >= 0.3 is 0 Å². The van der Waals surface area contributed by atoms with Crippen LogP contribution in [0, 0.1) is 11.8 Å². The molecule has 4 rings (SSSR count). The van der Waals surface area contributed by atoms with Gasteiger partial charge in [0, 0.05) is 31.1 Å². The summed E-state index contributed by atoms with van der Waals surface area (Å²) < 4.78 is 10.6. The minimum Gasteiger partial charge on any atom is -0.497 e. The van der Waals surface area contributed by atoms with Crippen LogP contribution in [-0.4, -0.2) is 50.6 Å². The third-order valence-electron chi connectivity index (χ3n) is 6.06. The van der Waals surface area contributed by atoms with Crippen molar-refractivity contribution in [1.82, 2.24) is 10.2 Å². The lowest BCUT2D eigenvalue weighted by Crippen LogP contribution is -2.36. The fourth-order valence-corrected chi connectivity index (χ4v) is 4.06. The van der Waals surface area contributed by atoms with E-state index < -0.39 is 0 Å². The Labute approximate surface area is 177 Å². The van der Waals surface area contributed by atoms with Crippen molar-refractivity contribution in [2.24, 2.45) is 11.8 Å². The number of amides is 2. The van der Waals surface area contributed by atoms with Gasteiger partial charge in [0.05, 0.1) is 20.1 Å². The van der Waals surface area contributed by atoms with E-state index in [0.29, 0.717) is 30.3 Å². The Bertz CT molecular complexity index is 908. The van der Waals surface area contributed by atoms with Crippen LogP contribution in [0.3, 0.4) is 0 Å². The van der Waals surface area contributed by atoms with Crippen molar-refractivity contribution in [3.8, 4) is 11.5 Å². The van der Waals surface area contributed by atoms with Gasteiger partial charge in [-0.15, -0.1) is 0 Å². The van der Waals surface area contributed by atoms with Crippen molar-refractivity contribution >= 4 is 11.8 Å². The maximum atomic E-state index is 13.1. The number of nitrogens with one attached hydrogen (secondary N) is 1. The first kappa shape index (κ1) is 20.3. The maximum Gasteiger partial charge on any atom is 0.253 e. The Hall–Kier alpha value is -3.02. The van der Waals surface area contributed by atoms with Crippen molar-refractivity contribution in [2.45, 2.75) is 18.8 Å². The second-order valence-corrected chi connectivity index (χ2v) is 8.12. The van der Waals surface area contributed by atoms with Crippen LogP contribution in [0.2, 0.25) is 0 Å². The predicted octanol–water partition coefficient (Wildman–Crippen LogP) is 3.09. The summed E-state index contributed by atoms with van der Waals surface area (Å²) in [5, 5.41) is 3.10. The van der Waals surface area contributed by atoms with Gasteiger partial charge in [0.15, 0.2) is 0 Å². The number of methoxy groups -OCH3 is 2. The first-order chi connectivity index (χ1) is 14.6. The monoisotopic (exact) mass is 408 g/mol. The van der Waals surface area contributed by atoms with E-state index in [1.165, 1.54) is 12.8 Å². The van der Waals surface area contributed by atoms with Crippen molar-refractivity contribution in [1.29, 1.82) is 0 Å². The van der Waals surface area contributed by atoms with E-state index in [4.69, 9.17) is 9.47 Å². The molecule has 1 aliphatic carbocycles. The van der Waals surface area contributed by atoms with Crippen LogP contribution in [0.5, 0.6) is 11.5 Å². The number of benzene rings is 2. The molecule has 0 radical (unpaired) electrons. The molecule has 0 bridgehead atoms. The van der Waals surface area contributed by atoms with E-state index in [1.54, 1.807) is 43.4 Å². The van der Waals surface area contributed by atoms with Gasteiger partial charge in [-0.3, -0.25) is 9.59 Å². The zero-order valence-electron chi connectivity index (χ0n) is 17.5. The van der Waals surface area contributed by atoms with Crippen LogP contribution < -0.4 is 14.8 Å². The van der Waals surface area contributed by atoms with Crippen LogP contribution in [0.25, 0.3) is 0 Å². The molecule has 0 spiro atoms. The summed E-state index contributed by atoms with van der Waals surface area (Å²) in [4.78, 5) is 27.9. The number of nitrogens with zero attached hydrogens (tertiary/aromatic N) is 1. The number of carbonyl (C=O) groups is 2. The van der Waals surface area contributed by atoms with E-state index in [1.807, 2.05) is 24.3 Å². The van der Waals surface area contributed by atoms with Gasteiger partial charge in [-0.2, -0.15) is 0 Å². The zero-order valence-corrected chi connectivity index (χ0v) is 17.5. The molecule has 158 valence electrons. The number of hydrogen-bond donors (Lipinski definition) is 1. The Morgan fingerprint density at radius 3 is 2.40 bits per heavy atom. The van der Waals surface area contributed by atoms with Crippen molar-refractivity contribution in [3.63, 3.8) is 0 Å². The minimum atomic E-state index is -0.280. The molecular formula is C24H28N2O4. The highest BCUT2D eigenvalue weighted by Gasteiger charge is 2.41. The molecule has 2 fully saturated rings. The highest BCUT2D eigenvalue weighted by molar-refractivity contribution is 5.95. The van der Waals surface area contributed by atoms with Gasteiger partial charge in [0.1, 0.15) is 11.5 Å². The number of rotatable bonds is 7. The lowest BCUT2D eigenvalue weighted by atomic mass is 9.88. The Morgan fingerprint density at radius 1 is 1.00 bits per heavy atom. The molecule has 6 nitrogen and oxygen atoms in total. The van der Waals surface area contributed by atoms with Crippen molar-refractivity contribution in [3.05, 3.63) is 59.7 Å². The van der Waals surface area contributed by atoms with Crippen LogP contribution in [0.1, 0.15) is 34.7 Å². The molecule has 0 aromatic heterocycles. The zero-order chi connectivity index (χ0) is 21.1. The molecule has 1 saturated heterocycles. The highest BCUT2D eigenvalue weighted by Crippen LogP contribution is 2.36. The van der Waals surface area contributed by atoms with Crippen LogP contribution in [-0.2, 0) is 4.79 Å². The predicted molar refractivity (Wildman–Crippen MR) is 114 cm³/mol. The molecule has 2 amide bonds. The molecule has 2 aromatic rings. The quantitative estimate of drug-likeness (QED) is 0.765. The lowest BCUT2D eigenvalue weighted by Gasteiger charge is -2.18. The Balaban J connectivity index is 1.55. The van der Waals surface area contributed by atoms with Gasteiger partial charge in [-0.05, 0) is 60.7 Å². The maximum absolute atomic E-state index is 13.1. The average molecular weight is 408 g/mol. The normalized spacial score (nSPS) is 20.7. The van der Waals surface area contributed by atoms with Gasteiger partial charge in [0.25, 0.3) is 5.91 Å². The number of hydrogen-bond acceptors (Lipinski definition) is 4.